The number of unbranched alkanes of at least 4 members (excludes halogenated alkanes) is 11. The Hall–Kier alpha value is -1.13. The number of hydrogen-bond donors (Lipinski definition) is 0. The molecule has 0 aliphatic heterocycles. The average molecular weight is 301 g/mol. The molecule has 0 saturated carbocycles. The number of methoxy groups -OCH3 is 1. The Balaban J connectivity index is 3.02. The molecule has 0 aliphatic rings. The summed E-state index contributed by atoms with van der Waals surface area (Å²) in [6.45, 7) is 0.121. The second-order valence-corrected chi connectivity index (χ2v) is 5.63. The van der Waals surface area contributed by atoms with E-state index in [1.54, 1.807) is 0 Å². The Morgan fingerprint density at radius 2 is 1.19 bits per heavy atom. The van der Waals surface area contributed by atoms with Crippen LogP contribution < -0.4 is 0 Å². The Kier molecular flexibility index (Phi) is 14.4. The number of carbonyl (C=O) groups excluding carboxylic acids is 1. The molecule has 0 radical (unpaired) electrons. The highest BCUT2D eigenvalue weighted by Gasteiger charge is 1.99. The van der Waals surface area contributed by atoms with Crippen molar-refractivity contribution in [2.75, 3.05) is 13.7 Å². The van der Waals surface area contributed by atoms with Crippen LogP contribution in [0, 0.1) is 10.1 Å². The van der Waals surface area contributed by atoms with Crippen molar-refractivity contribution in [2.45, 2.75) is 83.5 Å². The fourth-order valence-electron chi connectivity index (χ4n) is 2.38. The molecule has 5 heteroatoms. The van der Waals surface area contributed by atoms with Crippen LogP contribution in [0.3, 0.4) is 0 Å². The summed E-state index contributed by atoms with van der Waals surface area (Å²) in [5.41, 5.74) is 0. The van der Waals surface area contributed by atoms with E-state index in [1.807, 2.05) is 0 Å². The Morgan fingerprint density at radius 1 is 0.810 bits per heavy atom. The van der Waals surface area contributed by atoms with Gasteiger partial charge in [-0.1, -0.05) is 57.8 Å². The zero-order valence-corrected chi connectivity index (χ0v) is 13.5. The number of esters is 1. The molecule has 0 saturated heterocycles. The van der Waals surface area contributed by atoms with Gasteiger partial charge in [-0.25, -0.2) is 0 Å². The Bertz CT molecular complexity index is 269. The van der Waals surface area contributed by atoms with Gasteiger partial charge in [-0.15, -0.1) is 0 Å². The Morgan fingerprint density at radius 3 is 1.57 bits per heavy atom. The summed E-state index contributed by atoms with van der Waals surface area (Å²) in [6, 6.07) is 0. The summed E-state index contributed by atoms with van der Waals surface area (Å²) in [7, 11) is 1.44. The first kappa shape index (κ1) is 19.9. The number of carbonyl (C=O) groups is 1. The lowest BCUT2D eigenvalue weighted by atomic mass is 10.0. The zero-order valence-electron chi connectivity index (χ0n) is 13.5. The quantitative estimate of drug-likeness (QED) is 0.193. The fourth-order valence-corrected chi connectivity index (χ4v) is 2.38. The smallest absolute Gasteiger partial charge is 0.305 e. The number of nitrogens with zero attached hydrogens (tertiary/aromatic N) is 1. The van der Waals surface area contributed by atoms with E-state index in [2.05, 4.69) is 4.74 Å². The SMILES string of the molecule is COC(=O)CCCCCCCCCCCCCC[N+](=O)[O-]. The number of rotatable bonds is 15. The minimum atomic E-state index is -0.231. The Labute approximate surface area is 128 Å². The van der Waals surface area contributed by atoms with Gasteiger partial charge in [-0.05, 0) is 12.8 Å². The molecule has 0 fully saturated rings. The van der Waals surface area contributed by atoms with E-state index in [0.29, 0.717) is 6.42 Å². The lowest BCUT2D eigenvalue weighted by molar-refractivity contribution is -0.480. The van der Waals surface area contributed by atoms with Gasteiger partial charge in [-0.3, -0.25) is 14.9 Å². The van der Waals surface area contributed by atoms with Crippen molar-refractivity contribution in [2.24, 2.45) is 0 Å². The van der Waals surface area contributed by atoms with Crippen LogP contribution in [0.25, 0.3) is 0 Å². The molecule has 124 valence electrons. The second kappa shape index (κ2) is 15.3. The summed E-state index contributed by atoms with van der Waals surface area (Å²) in [5, 5.41) is 10.1. The van der Waals surface area contributed by atoms with Gasteiger partial charge in [0.2, 0.25) is 6.54 Å². The highest BCUT2D eigenvalue weighted by molar-refractivity contribution is 5.68. The molecule has 0 rings (SSSR count). The standard InChI is InChI=1S/C16H31NO4/c1-21-16(18)14-12-10-8-6-4-2-3-5-7-9-11-13-15-17(19)20/h2-15H2,1H3. The molecule has 0 aromatic carbocycles. The van der Waals surface area contributed by atoms with Crippen LogP contribution in [0.5, 0.6) is 0 Å². The molecular weight excluding hydrogens is 270 g/mol. The fraction of sp³-hybridized carbons (Fsp3) is 0.938. The highest BCUT2D eigenvalue weighted by atomic mass is 16.6. The molecule has 0 atom stereocenters. The zero-order chi connectivity index (χ0) is 15.8. The van der Waals surface area contributed by atoms with E-state index in [4.69, 9.17) is 0 Å². The maximum Gasteiger partial charge on any atom is 0.305 e. The molecule has 0 unspecified atom stereocenters. The summed E-state index contributed by atoms with van der Waals surface area (Å²) < 4.78 is 4.60. The van der Waals surface area contributed by atoms with E-state index in [9.17, 15) is 14.9 Å². The molecular formula is C16H31NO4. The van der Waals surface area contributed by atoms with Crippen LogP contribution in [-0.2, 0) is 9.53 Å². The van der Waals surface area contributed by atoms with Gasteiger partial charge in [0.1, 0.15) is 0 Å². The van der Waals surface area contributed by atoms with Crippen molar-refractivity contribution in [3.63, 3.8) is 0 Å². The first-order valence-corrected chi connectivity index (χ1v) is 8.35. The van der Waals surface area contributed by atoms with Crippen molar-refractivity contribution >= 4 is 5.97 Å². The van der Waals surface area contributed by atoms with E-state index >= 15 is 0 Å². The predicted molar refractivity (Wildman–Crippen MR) is 83.9 cm³/mol. The molecule has 0 amide bonds. The van der Waals surface area contributed by atoms with Crippen LogP contribution in [0.1, 0.15) is 83.5 Å². The van der Waals surface area contributed by atoms with E-state index < -0.39 is 0 Å². The monoisotopic (exact) mass is 301 g/mol. The molecule has 0 aromatic rings. The van der Waals surface area contributed by atoms with Crippen LogP contribution in [0.2, 0.25) is 0 Å². The van der Waals surface area contributed by atoms with Gasteiger partial charge >= 0.3 is 5.97 Å². The van der Waals surface area contributed by atoms with Gasteiger partial charge < -0.3 is 4.74 Å². The van der Waals surface area contributed by atoms with Crippen LogP contribution in [0.4, 0.5) is 0 Å². The summed E-state index contributed by atoms with van der Waals surface area (Å²) in [6.07, 6.45) is 14.2. The average Bonchev–Trinajstić information content (AvgIpc) is 2.46. The van der Waals surface area contributed by atoms with E-state index in [-0.39, 0.29) is 17.4 Å². The summed E-state index contributed by atoms with van der Waals surface area (Å²) in [5.74, 6) is -0.104. The summed E-state index contributed by atoms with van der Waals surface area (Å²) in [4.78, 5) is 20.8. The third-order valence-corrected chi connectivity index (χ3v) is 3.70. The first-order valence-electron chi connectivity index (χ1n) is 8.35. The van der Waals surface area contributed by atoms with E-state index in [0.717, 1.165) is 32.1 Å². The first-order chi connectivity index (χ1) is 10.2. The van der Waals surface area contributed by atoms with Crippen molar-refractivity contribution in [1.29, 1.82) is 0 Å². The summed E-state index contributed by atoms with van der Waals surface area (Å²) >= 11 is 0. The number of nitro groups is 1. The molecule has 0 N–H and O–H groups in total. The number of ether oxygens (including phenoxy) is 1. The molecule has 21 heavy (non-hydrogen) atoms. The van der Waals surface area contributed by atoms with Crippen LogP contribution in [0.15, 0.2) is 0 Å². The largest absolute Gasteiger partial charge is 0.469 e. The van der Waals surface area contributed by atoms with Gasteiger partial charge in [-0.2, -0.15) is 0 Å². The van der Waals surface area contributed by atoms with Crippen LogP contribution in [-0.4, -0.2) is 24.5 Å². The molecule has 0 aliphatic carbocycles. The molecule has 0 heterocycles. The maximum atomic E-state index is 10.9. The normalized spacial score (nSPS) is 10.5. The maximum absolute atomic E-state index is 10.9. The molecule has 0 aromatic heterocycles. The van der Waals surface area contributed by atoms with E-state index in [1.165, 1.54) is 52.1 Å². The topological polar surface area (TPSA) is 69.4 Å². The van der Waals surface area contributed by atoms with Crippen LogP contribution >= 0.6 is 0 Å². The third kappa shape index (κ3) is 16.8. The van der Waals surface area contributed by atoms with Crippen molar-refractivity contribution in [3.05, 3.63) is 10.1 Å². The minimum Gasteiger partial charge on any atom is -0.469 e. The van der Waals surface area contributed by atoms with Gasteiger partial charge in [0.15, 0.2) is 0 Å². The lowest BCUT2D eigenvalue weighted by Crippen LogP contribution is -1.99. The lowest BCUT2D eigenvalue weighted by Gasteiger charge is -2.02. The minimum absolute atomic E-state index is 0.104. The van der Waals surface area contributed by atoms with Gasteiger partial charge in [0, 0.05) is 17.8 Å². The molecule has 0 spiro atoms. The van der Waals surface area contributed by atoms with Gasteiger partial charge in [0.25, 0.3) is 0 Å². The number of hydrogen-bond acceptors (Lipinski definition) is 4. The van der Waals surface area contributed by atoms with Gasteiger partial charge in [0.05, 0.1) is 7.11 Å². The second-order valence-electron chi connectivity index (χ2n) is 5.63. The van der Waals surface area contributed by atoms with Crippen molar-refractivity contribution in [1.82, 2.24) is 0 Å². The highest BCUT2D eigenvalue weighted by Crippen LogP contribution is 2.12. The van der Waals surface area contributed by atoms with Crippen molar-refractivity contribution in [3.8, 4) is 0 Å². The molecule has 5 nitrogen and oxygen atoms in total. The molecule has 0 bridgehead atoms. The predicted octanol–water partition coefficient (Wildman–Crippen LogP) is 4.51. The van der Waals surface area contributed by atoms with Crippen molar-refractivity contribution < 1.29 is 14.5 Å². The third-order valence-electron chi connectivity index (χ3n) is 3.70.